The van der Waals surface area contributed by atoms with Gasteiger partial charge in [0.05, 0.1) is 5.69 Å². The van der Waals surface area contributed by atoms with Crippen molar-refractivity contribution in [1.82, 2.24) is 10.6 Å². The molecule has 1 aromatic heterocycles. The summed E-state index contributed by atoms with van der Waals surface area (Å²) in [6.45, 7) is 1.27. The predicted molar refractivity (Wildman–Crippen MR) is 77.6 cm³/mol. The molecule has 7 nitrogen and oxygen atoms in total. The third kappa shape index (κ3) is 3.67. The molecule has 1 aromatic rings. The van der Waals surface area contributed by atoms with E-state index < -0.39 is 20.5 Å². The van der Waals surface area contributed by atoms with Crippen LogP contribution in [0.25, 0.3) is 0 Å². The first-order chi connectivity index (χ1) is 10.3. The first-order valence-electron chi connectivity index (χ1n) is 6.87. The van der Waals surface area contributed by atoms with E-state index >= 15 is 0 Å². The van der Waals surface area contributed by atoms with Gasteiger partial charge in [0.2, 0.25) is 5.76 Å². The molecule has 0 saturated heterocycles. The van der Waals surface area contributed by atoms with E-state index in [9.17, 15) is 13.2 Å². The summed E-state index contributed by atoms with van der Waals surface area (Å²) in [5.41, 5.74) is 1.92. The maximum atomic E-state index is 11.8. The maximum Gasteiger partial charge on any atom is 0.264 e. The van der Waals surface area contributed by atoms with Crippen molar-refractivity contribution < 1.29 is 22.9 Å². The van der Waals surface area contributed by atoms with Crippen LogP contribution in [-0.2, 0) is 21.1 Å². The van der Waals surface area contributed by atoms with Crippen molar-refractivity contribution in [2.45, 2.75) is 37.4 Å². The van der Waals surface area contributed by atoms with Crippen LogP contribution in [-0.4, -0.2) is 35.7 Å². The molecule has 0 unspecified atom stereocenters. The van der Waals surface area contributed by atoms with Crippen LogP contribution in [0.5, 0.6) is 0 Å². The molecule has 1 saturated carbocycles. The lowest BCUT2D eigenvalue weighted by molar-refractivity contribution is -0.131. The largest absolute Gasteiger partial charge is 0.347 e. The van der Waals surface area contributed by atoms with Crippen molar-refractivity contribution >= 4 is 15.7 Å². The summed E-state index contributed by atoms with van der Waals surface area (Å²) < 4.78 is 27.0. The van der Waals surface area contributed by atoms with Gasteiger partial charge < -0.3 is 4.52 Å². The van der Waals surface area contributed by atoms with E-state index in [4.69, 9.17) is 9.73 Å². The highest BCUT2D eigenvalue weighted by Gasteiger charge is 2.43. The van der Waals surface area contributed by atoms with Gasteiger partial charge in [-0.1, -0.05) is 11.1 Å². The van der Waals surface area contributed by atoms with Gasteiger partial charge in [0.1, 0.15) is 4.75 Å². The fourth-order valence-electron chi connectivity index (χ4n) is 1.84. The van der Waals surface area contributed by atoms with Crippen LogP contribution < -0.4 is 5.48 Å². The summed E-state index contributed by atoms with van der Waals surface area (Å²) in [7, 11) is -3.71. The minimum atomic E-state index is -3.71. The smallest absolute Gasteiger partial charge is 0.264 e. The molecule has 0 aliphatic heterocycles. The average molecular weight is 326 g/mol. The zero-order chi connectivity index (χ0) is 16.4. The van der Waals surface area contributed by atoms with E-state index in [-0.39, 0.29) is 12.8 Å². The van der Waals surface area contributed by atoms with E-state index in [1.54, 1.807) is 6.07 Å². The van der Waals surface area contributed by atoms with Crippen LogP contribution in [0.3, 0.4) is 0 Å². The average Bonchev–Trinajstić information content (AvgIpc) is 3.18. The second-order valence-corrected chi connectivity index (χ2v) is 8.12. The van der Waals surface area contributed by atoms with Crippen LogP contribution in [0, 0.1) is 17.8 Å². The lowest BCUT2D eigenvalue weighted by Gasteiger charge is -2.24. The molecule has 1 fully saturated rings. The first-order valence-corrected chi connectivity index (χ1v) is 8.76. The van der Waals surface area contributed by atoms with Gasteiger partial charge in [0.25, 0.3) is 5.91 Å². The monoisotopic (exact) mass is 326 g/mol. The summed E-state index contributed by atoms with van der Waals surface area (Å²) in [6.07, 6.45) is 3.36. The third-order valence-corrected chi connectivity index (χ3v) is 5.82. The van der Waals surface area contributed by atoms with Gasteiger partial charge in [-0.3, -0.25) is 10.0 Å². The van der Waals surface area contributed by atoms with Gasteiger partial charge in [-0.15, -0.1) is 0 Å². The van der Waals surface area contributed by atoms with Crippen molar-refractivity contribution in [2.75, 3.05) is 6.26 Å². The molecule has 2 rings (SSSR count). The Bertz CT molecular complexity index is 724. The molecule has 0 aromatic carbocycles. The molecule has 2 N–H and O–H groups in total. The number of nitrogens with zero attached hydrogens (tertiary/aromatic N) is 1. The van der Waals surface area contributed by atoms with Gasteiger partial charge >= 0.3 is 0 Å². The van der Waals surface area contributed by atoms with E-state index in [1.807, 2.05) is 0 Å². The number of amides is 1. The van der Waals surface area contributed by atoms with Crippen LogP contribution in [0.1, 0.15) is 37.6 Å². The van der Waals surface area contributed by atoms with E-state index in [2.05, 4.69) is 17.0 Å². The topological polar surface area (TPSA) is 110 Å². The Hall–Kier alpha value is -1.85. The zero-order valence-electron chi connectivity index (χ0n) is 12.4. The Morgan fingerprint density at radius 1 is 1.59 bits per heavy atom. The lowest BCUT2D eigenvalue weighted by Crippen LogP contribution is -2.49. The molecule has 22 heavy (non-hydrogen) atoms. The van der Waals surface area contributed by atoms with Crippen molar-refractivity contribution in [3.8, 4) is 11.8 Å². The number of carbonyl (C=O) groups excluding carboxylic acids is 1. The summed E-state index contributed by atoms with van der Waals surface area (Å²) in [4.78, 5) is 11.7. The number of hydrogen-bond donors (Lipinski definition) is 2. The summed E-state index contributed by atoms with van der Waals surface area (Å²) in [5, 5.41) is 12.6. The van der Waals surface area contributed by atoms with Gasteiger partial charge in [0.15, 0.2) is 9.84 Å². The highest BCUT2D eigenvalue weighted by molar-refractivity contribution is 7.92. The second-order valence-electron chi connectivity index (χ2n) is 5.67. The van der Waals surface area contributed by atoms with E-state index in [1.165, 1.54) is 12.4 Å². The Balaban J connectivity index is 2.07. The number of carbonyl (C=O) groups is 1. The van der Waals surface area contributed by atoms with Gasteiger partial charge in [-0.25, -0.2) is 13.9 Å². The number of nitrogens with one attached hydrogen (secondary N) is 1. The molecule has 8 heteroatoms. The minimum absolute atomic E-state index is 0.0275. The van der Waals surface area contributed by atoms with Crippen LogP contribution in [0.4, 0.5) is 0 Å². The Morgan fingerprint density at radius 2 is 2.27 bits per heavy atom. The van der Waals surface area contributed by atoms with Gasteiger partial charge in [-0.05, 0) is 38.5 Å². The number of hydrogen-bond acceptors (Lipinski definition) is 6. The highest BCUT2D eigenvalue weighted by Crippen LogP contribution is 2.27. The normalized spacial score (nSPS) is 17.2. The van der Waals surface area contributed by atoms with E-state index in [0.29, 0.717) is 17.4 Å². The van der Waals surface area contributed by atoms with Crippen molar-refractivity contribution in [1.29, 1.82) is 0 Å². The first kappa shape index (κ1) is 16.5. The predicted octanol–water partition coefficient (Wildman–Crippen LogP) is 0.677. The number of hydroxylamine groups is 1. The molecule has 120 valence electrons. The van der Waals surface area contributed by atoms with Gasteiger partial charge in [0, 0.05) is 18.2 Å². The third-order valence-electron chi connectivity index (χ3n) is 3.79. The lowest BCUT2D eigenvalue weighted by atomic mass is 10.0. The maximum absolute atomic E-state index is 11.8. The fourth-order valence-corrected chi connectivity index (χ4v) is 2.70. The molecule has 1 atom stereocenters. The van der Waals surface area contributed by atoms with Crippen molar-refractivity contribution in [3.05, 3.63) is 17.5 Å². The summed E-state index contributed by atoms with van der Waals surface area (Å²) in [6, 6.07) is 1.63. The number of aromatic nitrogens is 1. The van der Waals surface area contributed by atoms with Crippen LogP contribution in [0.15, 0.2) is 10.6 Å². The van der Waals surface area contributed by atoms with Gasteiger partial charge in [-0.2, -0.15) is 0 Å². The standard InChI is InChI=1S/C14H18N2O5S/c1-14(13(17)15-18,22(2,19)20)8-7-11-9-12(21-16-11)6-5-10-3-4-10/h9-10,18H,3-4,7-8H2,1-2H3,(H,15,17)/t14-/m1/s1. The van der Waals surface area contributed by atoms with Crippen LogP contribution in [0.2, 0.25) is 0 Å². The molecule has 1 aliphatic rings. The van der Waals surface area contributed by atoms with Crippen molar-refractivity contribution in [3.63, 3.8) is 0 Å². The summed E-state index contributed by atoms with van der Waals surface area (Å²) >= 11 is 0. The molecule has 1 amide bonds. The fraction of sp³-hybridized carbons (Fsp3) is 0.571. The quantitative estimate of drug-likeness (QED) is 0.468. The molecular formula is C14H18N2O5S. The van der Waals surface area contributed by atoms with E-state index in [0.717, 1.165) is 19.1 Å². The Morgan fingerprint density at radius 3 is 2.82 bits per heavy atom. The zero-order valence-corrected chi connectivity index (χ0v) is 13.2. The molecule has 0 bridgehead atoms. The number of rotatable bonds is 5. The Kier molecular flexibility index (Phi) is 4.58. The summed E-state index contributed by atoms with van der Waals surface area (Å²) in [5.74, 6) is 5.81. The second kappa shape index (κ2) is 6.10. The number of sulfone groups is 1. The molecule has 1 heterocycles. The minimum Gasteiger partial charge on any atom is -0.347 e. The molecule has 0 radical (unpaired) electrons. The van der Waals surface area contributed by atoms with Crippen molar-refractivity contribution in [2.24, 2.45) is 5.92 Å². The highest BCUT2D eigenvalue weighted by atomic mass is 32.2. The SMILES string of the molecule is C[C@@](CCc1cc(C#CC2CC2)on1)(C(=O)NO)S(C)(=O)=O. The molecule has 0 spiro atoms. The number of aryl methyl sites for hydroxylation is 1. The Labute approximate surface area is 128 Å². The van der Waals surface area contributed by atoms with Crippen LogP contribution >= 0.6 is 0 Å². The molecule has 1 aliphatic carbocycles. The molecular weight excluding hydrogens is 308 g/mol.